The predicted molar refractivity (Wildman–Crippen MR) is 68.5 cm³/mol. The van der Waals surface area contributed by atoms with Crippen molar-refractivity contribution in [2.75, 3.05) is 0 Å². The molecule has 1 heterocycles. The molecule has 2 rings (SSSR count). The molecule has 0 saturated heterocycles. The molecule has 0 unspecified atom stereocenters. The topological polar surface area (TPSA) is 63.1 Å². The molecule has 0 atom stereocenters. The smallest absolute Gasteiger partial charge is 0.336 e. The number of carboxylic acid groups (broad SMARTS) is 1. The van der Waals surface area contributed by atoms with E-state index in [-0.39, 0.29) is 5.56 Å². The zero-order chi connectivity index (χ0) is 13.1. The second-order valence-corrected chi connectivity index (χ2v) is 4.00. The minimum Gasteiger partial charge on any atom is -0.478 e. The molecule has 1 aromatic carbocycles. The van der Waals surface area contributed by atoms with Crippen molar-refractivity contribution in [2.24, 2.45) is 0 Å². The maximum Gasteiger partial charge on any atom is 0.336 e. The van der Waals surface area contributed by atoms with E-state index in [1.165, 1.54) is 0 Å². The molecule has 0 aliphatic carbocycles. The van der Waals surface area contributed by atoms with Gasteiger partial charge in [0.05, 0.1) is 11.3 Å². The maximum atomic E-state index is 11.2. The van der Waals surface area contributed by atoms with Crippen molar-refractivity contribution in [3.05, 3.63) is 47.4 Å². The molecule has 92 valence electrons. The van der Waals surface area contributed by atoms with Crippen molar-refractivity contribution in [3.63, 3.8) is 0 Å². The molecule has 0 spiro atoms. The normalized spacial score (nSPS) is 10.3. The third-order valence-electron chi connectivity index (χ3n) is 2.69. The molecule has 0 saturated carbocycles. The molecular weight excluding hydrogens is 228 g/mol. The number of aromatic nitrogens is 2. The Kier molecular flexibility index (Phi) is 3.37. The van der Waals surface area contributed by atoms with Gasteiger partial charge in [0.2, 0.25) is 0 Å². The standard InChI is InChI=1S/C14H14N2O2/c1-3-10-8-13(16-9(2)15-10)11-6-4-5-7-12(11)14(17)18/h4-8H,3H2,1-2H3,(H,17,18). The minimum atomic E-state index is -0.945. The van der Waals surface area contributed by atoms with Gasteiger partial charge in [0.25, 0.3) is 0 Å². The predicted octanol–water partition coefficient (Wildman–Crippen LogP) is 2.71. The van der Waals surface area contributed by atoms with Crippen LogP contribution in [0.1, 0.15) is 28.8 Å². The van der Waals surface area contributed by atoms with E-state index in [0.717, 1.165) is 12.1 Å². The van der Waals surface area contributed by atoms with Gasteiger partial charge in [-0.1, -0.05) is 25.1 Å². The summed E-state index contributed by atoms with van der Waals surface area (Å²) in [5.41, 5.74) is 2.47. The fourth-order valence-electron chi connectivity index (χ4n) is 1.84. The molecule has 0 aliphatic rings. The van der Waals surface area contributed by atoms with Crippen LogP contribution in [0.15, 0.2) is 30.3 Å². The SMILES string of the molecule is CCc1cc(-c2ccccc2C(=O)O)nc(C)n1. The van der Waals surface area contributed by atoms with Crippen LogP contribution in [0.3, 0.4) is 0 Å². The van der Waals surface area contributed by atoms with E-state index < -0.39 is 5.97 Å². The highest BCUT2D eigenvalue weighted by molar-refractivity contribution is 5.95. The summed E-state index contributed by atoms with van der Waals surface area (Å²) < 4.78 is 0. The first kappa shape index (κ1) is 12.2. The third kappa shape index (κ3) is 2.37. The Balaban J connectivity index is 2.61. The zero-order valence-corrected chi connectivity index (χ0v) is 10.3. The Morgan fingerprint density at radius 2 is 2.00 bits per heavy atom. The van der Waals surface area contributed by atoms with Crippen molar-refractivity contribution in [2.45, 2.75) is 20.3 Å². The fraction of sp³-hybridized carbons (Fsp3) is 0.214. The van der Waals surface area contributed by atoms with E-state index in [0.29, 0.717) is 17.1 Å². The van der Waals surface area contributed by atoms with Crippen molar-refractivity contribution in [1.29, 1.82) is 0 Å². The summed E-state index contributed by atoms with van der Waals surface area (Å²) in [5.74, 6) is -0.288. The average molecular weight is 242 g/mol. The van der Waals surface area contributed by atoms with Crippen LogP contribution in [0.25, 0.3) is 11.3 Å². The first-order valence-electron chi connectivity index (χ1n) is 5.79. The Morgan fingerprint density at radius 1 is 1.28 bits per heavy atom. The highest BCUT2D eigenvalue weighted by atomic mass is 16.4. The molecule has 4 nitrogen and oxygen atoms in total. The molecular formula is C14H14N2O2. The van der Waals surface area contributed by atoms with Gasteiger partial charge in [-0.25, -0.2) is 14.8 Å². The van der Waals surface area contributed by atoms with Crippen molar-refractivity contribution >= 4 is 5.97 Å². The quantitative estimate of drug-likeness (QED) is 0.898. The Hall–Kier alpha value is -2.23. The number of carboxylic acids is 1. The van der Waals surface area contributed by atoms with Crippen LogP contribution in [0.5, 0.6) is 0 Å². The molecule has 0 radical (unpaired) electrons. The Bertz CT molecular complexity index is 594. The summed E-state index contributed by atoms with van der Waals surface area (Å²) in [7, 11) is 0. The Morgan fingerprint density at radius 3 is 2.67 bits per heavy atom. The van der Waals surface area contributed by atoms with Gasteiger partial charge < -0.3 is 5.11 Å². The van der Waals surface area contributed by atoms with Crippen molar-refractivity contribution in [3.8, 4) is 11.3 Å². The van der Waals surface area contributed by atoms with E-state index in [1.54, 1.807) is 18.2 Å². The highest BCUT2D eigenvalue weighted by Gasteiger charge is 2.12. The van der Waals surface area contributed by atoms with Crippen LogP contribution in [0.4, 0.5) is 0 Å². The molecule has 2 aromatic rings. The maximum absolute atomic E-state index is 11.2. The number of hydrogen-bond acceptors (Lipinski definition) is 3. The van der Waals surface area contributed by atoms with Gasteiger partial charge in [-0.3, -0.25) is 0 Å². The molecule has 0 amide bonds. The minimum absolute atomic E-state index is 0.262. The lowest BCUT2D eigenvalue weighted by Gasteiger charge is -2.07. The summed E-state index contributed by atoms with van der Waals surface area (Å²) in [6, 6.07) is 8.72. The van der Waals surface area contributed by atoms with Crippen LogP contribution in [0.2, 0.25) is 0 Å². The summed E-state index contributed by atoms with van der Waals surface area (Å²) >= 11 is 0. The number of aromatic carboxylic acids is 1. The van der Waals surface area contributed by atoms with Gasteiger partial charge in [0, 0.05) is 11.3 Å². The van der Waals surface area contributed by atoms with Crippen LogP contribution in [0, 0.1) is 6.92 Å². The van der Waals surface area contributed by atoms with E-state index in [9.17, 15) is 9.90 Å². The van der Waals surface area contributed by atoms with Crippen LogP contribution in [-0.4, -0.2) is 21.0 Å². The fourth-order valence-corrected chi connectivity index (χ4v) is 1.84. The van der Waals surface area contributed by atoms with Gasteiger partial charge >= 0.3 is 5.97 Å². The monoisotopic (exact) mass is 242 g/mol. The average Bonchev–Trinajstić information content (AvgIpc) is 2.38. The van der Waals surface area contributed by atoms with E-state index >= 15 is 0 Å². The lowest BCUT2D eigenvalue weighted by molar-refractivity contribution is 0.0697. The Labute approximate surface area is 105 Å². The van der Waals surface area contributed by atoms with Gasteiger partial charge in [0.1, 0.15) is 5.82 Å². The van der Waals surface area contributed by atoms with Gasteiger partial charge in [-0.05, 0) is 25.5 Å². The number of benzene rings is 1. The highest BCUT2D eigenvalue weighted by Crippen LogP contribution is 2.22. The lowest BCUT2D eigenvalue weighted by Crippen LogP contribution is -2.02. The summed E-state index contributed by atoms with van der Waals surface area (Å²) in [5, 5.41) is 9.18. The van der Waals surface area contributed by atoms with Crippen molar-refractivity contribution in [1.82, 2.24) is 9.97 Å². The number of aryl methyl sites for hydroxylation is 2. The van der Waals surface area contributed by atoms with Gasteiger partial charge in [0.15, 0.2) is 0 Å². The van der Waals surface area contributed by atoms with E-state index in [4.69, 9.17) is 0 Å². The summed E-state index contributed by atoms with van der Waals surface area (Å²) in [4.78, 5) is 19.8. The number of carbonyl (C=O) groups is 1. The first-order valence-corrected chi connectivity index (χ1v) is 5.79. The van der Waals surface area contributed by atoms with E-state index in [1.807, 2.05) is 26.0 Å². The van der Waals surface area contributed by atoms with Crippen LogP contribution < -0.4 is 0 Å². The van der Waals surface area contributed by atoms with Crippen LogP contribution >= 0.6 is 0 Å². The molecule has 1 N–H and O–H groups in total. The van der Waals surface area contributed by atoms with Crippen molar-refractivity contribution < 1.29 is 9.90 Å². The van der Waals surface area contributed by atoms with E-state index in [2.05, 4.69) is 9.97 Å². The molecule has 0 fully saturated rings. The largest absolute Gasteiger partial charge is 0.478 e. The molecule has 0 bridgehead atoms. The molecule has 18 heavy (non-hydrogen) atoms. The first-order chi connectivity index (χ1) is 8.61. The second kappa shape index (κ2) is 4.96. The zero-order valence-electron chi connectivity index (χ0n) is 10.3. The number of hydrogen-bond donors (Lipinski definition) is 1. The summed E-state index contributed by atoms with van der Waals surface area (Å²) in [6.07, 6.45) is 0.797. The second-order valence-electron chi connectivity index (χ2n) is 4.00. The third-order valence-corrected chi connectivity index (χ3v) is 2.69. The number of nitrogens with zero attached hydrogens (tertiary/aromatic N) is 2. The summed E-state index contributed by atoms with van der Waals surface area (Å²) in [6.45, 7) is 3.82. The molecule has 1 aromatic heterocycles. The molecule has 4 heteroatoms. The lowest BCUT2D eigenvalue weighted by atomic mass is 10.0. The van der Waals surface area contributed by atoms with Crippen LogP contribution in [-0.2, 0) is 6.42 Å². The van der Waals surface area contributed by atoms with Gasteiger partial charge in [-0.2, -0.15) is 0 Å². The molecule has 0 aliphatic heterocycles. The van der Waals surface area contributed by atoms with Gasteiger partial charge in [-0.15, -0.1) is 0 Å². The number of rotatable bonds is 3.